The van der Waals surface area contributed by atoms with Gasteiger partial charge in [0.2, 0.25) is 0 Å². The van der Waals surface area contributed by atoms with Crippen molar-refractivity contribution in [2.45, 2.75) is 50.4 Å². The minimum atomic E-state index is -2.86. The van der Waals surface area contributed by atoms with Gasteiger partial charge >= 0.3 is 0 Å². The molecule has 0 bridgehead atoms. The standard InChI is InChI=1S/C15H20ClF2N/c1-14(17,18)11-5-6-12(13(16)9-11)15(10-19)7-3-2-4-8-15/h5-6,9H,2-4,7-8,10,19H2,1H3. The predicted molar refractivity (Wildman–Crippen MR) is 74.8 cm³/mol. The highest BCUT2D eigenvalue weighted by atomic mass is 35.5. The van der Waals surface area contributed by atoms with Crippen LogP contribution in [0.25, 0.3) is 0 Å². The van der Waals surface area contributed by atoms with Crippen molar-refractivity contribution in [3.05, 3.63) is 34.3 Å². The van der Waals surface area contributed by atoms with Crippen LogP contribution in [0.4, 0.5) is 8.78 Å². The van der Waals surface area contributed by atoms with Gasteiger partial charge in [-0.25, -0.2) is 8.78 Å². The summed E-state index contributed by atoms with van der Waals surface area (Å²) in [5.41, 5.74) is 6.72. The van der Waals surface area contributed by atoms with Gasteiger partial charge in [-0.2, -0.15) is 0 Å². The van der Waals surface area contributed by atoms with Crippen molar-refractivity contribution >= 4 is 11.6 Å². The van der Waals surface area contributed by atoms with Crippen molar-refractivity contribution in [1.29, 1.82) is 0 Å². The minimum absolute atomic E-state index is 0.0377. The second-order valence-corrected chi connectivity index (χ2v) is 6.04. The number of rotatable bonds is 3. The Morgan fingerprint density at radius 1 is 1.26 bits per heavy atom. The van der Waals surface area contributed by atoms with Crippen molar-refractivity contribution in [2.24, 2.45) is 5.73 Å². The number of halogens is 3. The lowest BCUT2D eigenvalue weighted by Gasteiger charge is -2.37. The van der Waals surface area contributed by atoms with Gasteiger partial charge in [0.25, 0.3) is 5.92 Å². The molecule has 0 amide bonds. The van der Waals surface area contributed by atoms with E-state index in [-0.39, 0.29) is 11.0 Å². The monoisotopic (exact) mass is 287 g/mol. The Bertz CT molecular complexity index is 448. The molecule has 2 N–H and O–H groups in total. The summed E-state index contributed by atoms with van der Waals surface area (Å²) < 4.78 is 26.6. The van der Waals surface area contributed by atoms with Crippen molar-refractivity contribution < 1.29 is 8.78 Å². The average Bonchev–Trinajstić information content (AvgIpc) is 2.38. The van der Waals surface area contributed by atoms with E-state index >= 15 is 0 Å². The molecule has 106 valence electrons. The summed E-state index contributed by atoms with van der Waals surface area (Å²) in [6.07, 6.45) is 5.44. The largest absolute Gasteiger partial charge is 0.330 e. The zero-order chi connectivity index (χ0) is 14.1. The quantitative estimate of drug-likeness (QED) is 0.863. The molecule has 2 rings (SSSR count). The Balaban J connectivity index is 2.39. The zero-order valence-corrected chi connectivity index (χ0v) is 11.9. The smallest absolute Gasteiger partial charge is 0.270 e. The Morgan fingerprint density at radius 2 is 1.89 bits per heavy atom. The Labute approximate surface area is 118 Å². The fourth-order valence-electron chi connectivity index (χ4n) is 3.03. The zero-order valence-electron chi connectivity index (χ0n) is 11.2. The number of benzene rings is 1. The van der Waals surface area contributed by atoms with Gasteiger partial charge in [-0.3, -0.25) is 0 Å². The second kappa shape index (κ2) is 5.37. The maximum absolute atomic E-state index is 13.3. The lowest BCUT2D eigenvalue weighted by molar-refractivity contribution is 0.0174. The average molecular weight is 288 g/mol. The van der Waals surface area contributed by atoms with E-state index in [2.05, 4.69) is 0 Å². The molecular weight excluding hydrogens is 268 g/mol. The fraction of sp³-hybridized carbons (Fsp3) is 0.600. The molecule has 1 aliphatic carbocycles. The molecule has 1 aromatic carbocycles. The first kappa shape index (κ1) is 14.7. The third kappa shape index (κ3) is 2.92. The molecule has 0 unspecified atom stereocenters. The van der Waals surface area contributed by atoms with Crippen LogP contribution in [-0.4, -0.2) is 6.54 Å². The van der Waals surface area contributed by atoms with Crippen LogP contribution in [0.1, 0.15) is 50.2 Å². The van der Waals surface area contributed by atoms with Crippen LogP contribution in [0.3, 0.4) is 0 Å². The summed E-state index contributed by atoms with van der Waals surface area (Å²) in [6, 6.07) is 4.61. The Kier molecular flexibility index (Phi) is 4.17. The van der Waals surface area contributed by atoms with Gasteiger partial charge in [-0.1, -0.05) is 43.0 Å². The van der Waals surface area contributed by atoms with Crippen molar-refractivity contribution in [3.8, 4) is 0 Å². The maximum atomic E-state index is 13.3. The van der Waals surface area contributed by atoms with Crippen LogP contribution >= 0.6 is 11.6 Å². The second-order valence-electron chi connectivity index (χ2n) is 5.63. The van der Waals surface area contributed by atoms with Gasteiger partial charge in [0.1, 0.15) is 0 Å². The van der Waals surface area contributed by atoms with Crippen molar-refractivity contribution in [2.75, 3.05) is 6.54 Å². The van der Waals surface area contributed by atoms with Crippen LogP contribution < -0.4 is 5.73 Å². The maximum Gasteiger partial charge on any atom is 0.270 e. The number of hydrogen-bond donors (Lipinski definition) is 1. The summed E-state index contributed by atoms with van der Waals surface area (Å²) in [4.78, 5) is 0. The molecular formula is C15H20ClF2N. The minimum Gasteiger partial charge on any atom is -0.330 e. The Hall–Kier alpha value is -0.670. The van der Waals surface area contributed by atoms with Crippen LogP contribution in [0, 0.1) is 0 Å². The lowest BCUT2D eigenvalue weighted by Crippen LogP contribution is -2.37. The molecule has 0 saturated heterocycles. The SMILES string of the molecule is CC(F)(F)c1ccc(C2(CN)CCCCC2)c(Cl)c1. The highest BCUT2D eigenvalue weighted by Gasteiger charge is 2.35. The molecule has 1 fully saturated rings. The molecule has 1 nitrogen and oxygen atoms in total. The summed E-state index contributed by atoms with van der Waals surface area (Å²) >= 11 is 6.25. The molecule has 0 aliphatic heterocycles. The van der Waals surface area contributed by atoms with Gasteiger partial charge in [0.15, 0.2) is 0 Å². The van der Waals surface area contributed by atoms with E-state index < -0.39 is 5.92 Å². The number of alkyl halides is 2. The van der Waals surface area contributed by atoms with Gasteiger partial charge < -0.3 is 5.73 Å². The first-order valence-electron chi connectivity index (χ1n) is 6.77. The molecule has 1 aliphatic rings. The highest BCUT2D eigenvalue weighted by Crippen LogP contribution is 2.42. The molecule has 19 heavy (non-hydrogen) atoms. The van der Waals surface area contributed by atoms with E-state index in [9.17, 15) is 8.78 Å². The van der Waals surface area contributed by atoms with E-state index in [1.54, 1.807) is 6.07 Å². The third-order valence-electron chi connectivity index (χ3n) is 4.25. The summed E-state index contributed by atoms with van der Waals surface area (Å²) in [6.45, 7) is 1.41. The molecule has 0 radical (unpaired) electrons. The molecule has 1 saturated carbocycles. The summed E-state index contributed by atoms with van der Waals surface area (Å²) in [5.74, 6) is -2.86. The first-order valence-corrected chi connectivity index (χ1v) is 7.15. The van der Waals surface area contributed by atoms with E-state index in [1.807, 2.05) is 0 Å². The summed E-state index contributed by atoms with van der Waals surface area (Å²) in [7, 11) is 0. The molecule has 0 aromatic heterocycles. The van der Waals surface area contributed by atoms with Gasteiger partial charge in [0.05, 0.1) is 0 Å². The predicted octanol–water partition coefficient (Wildman–Crippen LogP) is 4.61. The lowest BCUT2D eigenvalue weighted by atomic mass is 9.69. The third-order valence-corrected chi connectivity index (χ3v) is 4.56. The molecule has 0 heterocycles. The molecule has 1 aromatic rings. The first-order chi connectivity index (χ1) is 8.89. The van der Waals surface area contributed by atoms with E-state index in [4.69, 9.17) is 17.3 Å². The topological polar surface area (TPSA) is 26.0 Å². The number of hydrogen-bond acceptors (Lipinski definition) is 1. The van der Waals surface area contributed by atoms with Gasteiger partial charge in [0, 0.05) is 29.5 Å². The van der Waals surface area contributed by atoms with E-state index in [0.717, 1.165) is 38.2 Å². The van der Waals surface area contributed by atoms with Crippen LogP contribution in [0.5, 0.6) is 0 Å². The Morgan fingerprint density at radius 3 is 2.37 bits per heavy atom. The van der Waals surface area contributed by atoms with Crippen LogP contribution in [0.15, 0.2) is 18.2 Å². The molecule has 0 spiro atoms. The summed E-state index contributed by atoms with van der Waals surface area (Å²) in [5, 5.41) is 0.423. The van der Waals surface area contributed by atoms with Crippen LogP contribution in [-0.2, 0) is 11.3 Å². The fourth-order valence-corrected chi connectivity index (χ4v) is 3.41. The van der Waals surface area contributed by atoms with E-state index in [0.29, 0.717) is 11.6 Å². The normalized spacial score (nSPS) is 19.4. The molecule has 0 atom stereocenters. The van der Waals surface area contributed by atoms with Crippen molar-refractivity contribution in [1.82, 2.24) is 0 Å². The van der Waals surface area contributed by atoms with Crippen LogP contribution in [0.2, 0.25) is 5.02 Å². The highest BCUT2D eigenvalue weighted by molar-refractivity contribution is 6.31. The van der Waals surface area contributed by atoms with E-state index in [1.165, 1.54) is 18.6 Å². The van der Waals surface area contributed by atoms with Crippen molar-refractivity contribution in [3.63, 3.8) is 0 Å². The number of nitrogens with two attached hydrogens (primary N) is 1. The van der Waals surface area contributed by atoms with Gasteiger partial charge in [-0.05, 0) is 24.5 Å². The molecule has 4 heteroatoms. The van der Waals surface area contributed by atoms with Gasteiger partial charge in [-0.15, -0.1) is 0 Å².